The minimum absolute atomic E-state index is 0.360. The van der Waals surface area contributed by atoms with Crippen molar-refractivity contribution in [3.05, 3.63) is 53.6 Å². The van der Waals surface area contributed by atoms with E-state index in [4.69, 9.17) is 22.2 Å². The van der Waals surface area contributed by atoms with Gasteiger partial charge in [0.2, 0.25) is 5.95 Å². The molecule has 0 radical (unpaired) electrons. The van der Waals surface area contributed by atoms with Crippen molar-refractivity contribution < 1.29 is 0 Å². The summed E-state index contributed by atoms with van der Waals surface area (Å²) >= 11 is 5.73. The van der Waals surface area contributed by atoms with Gasteiger partial charge < -0.3 is 20.9 Å². The van der Waals surface area contributed by atoms with Crippen LogP contribution in [-0.2, 0) is 6.42 Å². The van der Waals surface area contributed by atoms with Gasteiger partial charge in [0.05, 0.1) is 5.52 Å². The summed E-state index contributed by atoms with van der Waals surface area (Å²) < 4.78 is 0. The molecule has 1 fully saturated rings. The normalized spacial score (nSPS) is 17.9. The Bertz CT molecular complexity index is 1170. The predicted molar refractivity (Wildman–Crippen MR) is 153 cm³/mol. The molecular formula is C28H38N6S. The first kappa shape index (κ1) is 25.2. The second-order valence-corrected chi connectivity index (χ2v) is 10.4. The third-order valence-corrected chi connectivity index (χ3v) is 7.05. The van der Waals surface area contributed by atoms with Gasteiger partial charge in [0, 0.05) is 37.3 Å². The van der Waals surface area contributed by atoms with E-state index in [1.54, 1.807) is 0 Å². The Balaban J connectivity index is 1.35. The molecule has 1 aliphatic rings. The van der Waals surface area contributed by atoms with Gasteiger partial charge >= 0.3 is 0 Å². The van der Waals surface area contributed by atoms with Crippen LogP contribution in [0.2, 0.25) is 0 Å². The van der Waals surface area contributed by atoms with E-state index in [9.17, 15) is 0 Å². The number of para-hydroxylation sites is 2. The van der Waals surface area contributed by atoms with Crippen molar-refractivity contribution in [1.29, 1.82) is 0 Å². The first-order chi connectivity index (χ1) is 16.9. The highest BCUT2D eigenvalue weighted by Gasteiger charge is 2.23. The monoisotopic (exact) mass is 490 g/mol. The summed E-state index contributed by atoms with van der Waals surface area (Å²) in [6, 6.07) is 15.4. The maximum Gasteiger partial charge on any atom is 0.225 e. The number of rotatable bonds is 7. The summed E-state index contributed by atoms with van der Waals surface area (Å²) in [5, 5.41) is 12.5. The molecule has 2 aromatic carbocycles. The lowest BCUT2D eigenvalue weighted by Crippen LogP contribution is -2.42. The molecule has 1 aromatic heterocycles. The van der Waals surface area contributed by atoms with Crippen LogP contribution in [0.1, 0.15) is 63.5 Å². The number of hydrogen-bond donors (Lipinski definition) is 3. The van der Waals surface area contributed by atoms with E-state index in [-0.39, 0.29) is 0 Å². The molecule has 0 amide bonds. The van der Waals surface area contributed by atoms with E-state index >= 15 is 0 Å². The number of aryl methyl sites for hydroxylation is 1. The van der Waals surface area contributed by atoms with Crippen LogP contribution in [0, 0.1) is 0 Å². The van der Waals surface area contributed by atoms with Crippen LogP contribution in [0.25, 0.3) is 10.9 Å². The Morgan fingerprint density at radius 3 is 2.40 bits per heavy atom. The zero-order valence-corrected chi connectivity index (χ0v) is 22.4. The van der Waals surface area contributed by atoms with Crippen LogP contribution >= 0.6 is 12.2 Å². The molecule has 3 aromatic rings. The number of benzene rings is 2. The Morgan fingerprint density at radius 2 is 1.71 bits per heavy atom. The molecule has 4 rings (SSSR count). The molecule has 6 nitrogen and oxygen atoms in total. The van der Waals surface area contributed by atoms with E-state index in [2.05, 4.69) is 61.0 Å². The fraction of sp³-hybridized carbons (Fsp3) is 0.464. The average molecular weight is 491 g/mol. The van der Waals surface area contributed by atoms with Gasteiger partial charge in [-0.05, 0) is 73.5 Å². The maximum absolute atomic E-state index is 5.73. The zero-order chi connectivity index (χ0) is 24.9. The van der Waals surface area contributed by atoms with Gasteiger partial charge in [-0.3, -0.25) is 0 Å². The summed E-state index contributed by atoms with van der Waals surface area (Å²) in [5.41, 5.74) is 4.76. The lowest BCUT2D eigenvalue weighted by atomic mass is 9.91. The van der Waals surface area contributed by atoms with Crippen LogP contribution in [0.5, 0.6) is 0 Å². The van der Waals surface area contributed by atoms with E-state index in [1.165, 1.54) is 16.8 Å². The van der Waals surface area contributed by atoms with Crippen LogP contribution < -0.4 is 20.9 Å². The molecule has 0 unspecified atom stereocenters. The van der Waals surface area contributed by atoms with Crippen molar-refractivity contribution in [1.82, 2.24) is 15.3 Å². The average Bonchev–Trinajstić information content (AvgIpc) is 2.84. The van der Waals surface area contributed by atoms with Crippen LogP contribution in [0.3, 0.4) is 0 Å². The number of nitrogens with zero attached hydrogens (tertiary/aromatic N) is 3. The highest BCUT2D eigenvalue weighted by Crippen LogP contribution is 2.29. The van der Waals surface area contributed by atoms with Crippen LogP contribution in [-0.4, -0.2) is 41.3 Å². The standard InChI is InChI=1S/C28H38N6S/c1-6-19-10-9-12-22(18(2)3)25(19)32-28(35)30-21-16-14-20(15-17-21)29-27-31-24-13-8-7-11-23(24)26(33-27)34(4)5/h7-13,18,20-21H,6,14-17H2,1-5H3,(H,29,31,33)(H2,30,32,35). The maximum atomic E-state index is 5.73. The molecule has 1 aliphatic carbocycles. The summed E-state index contributed by atoms with van der Waals surface area (Å²) in [6.45, 7) is 6.65. The number of aromatic nitrogens is 2. The topological polar surface area (TPSA) is 65.1 Å². The molecule has 0 saturated heterocycles. The summed E-state index contributed by atoms with van der Waals surface area (Å²) in [4.78, 5) is 11.6. The first-order valence-corrected chi connectivity index (χ1v) is 13.2. The third kappa shape index (κ3) is 6.01. The molecule has 1 saturated carbocycles. The van der Waals surface area contributed by atoms with Crippen molar-refractivity contribution in [2.24, 2.45) is 0 Å². The smallest absolute Gasteiger partial charge is 0.225 e. The van der Waals surface area contributed by atoms with Crippen molar-refractivity contribution in [3.8, 4) is 0 Å². The van der Waals surface area contributed by atoms with Gasteiger partial charge in [-0.1, -0.05) is 51.1 Å². The second-order valence-electron chi connectivity index (χ2n) is 9.96. The molecule has 3 N–H and O–H groups in total. The Labute approximate surface area is 214 Å². The van der Waals surface area contributed by atoms with E-state index in [0.29, 0.717) is 23.9 Å². The van der Waals surface area contributed by atoms with Gasteiger partial charge in [0.25, 0.3) is 0 Å². The third-order valence-electron chi connectivity index (χ3n) is 6.83. The molecule has 186 valence electrons. The molecule has 0 spiro atoms. The van der Waals surface area contributed by atoms with Crippen molar-refractivity contribution in [3.63, 3.8) is 0 Å². The van der Waals surface area contributed by atoms with Gasteiger partial charge in [-0.2, -0.15) is 4.98 Å². The van der Waals surface area contributed by atoms with Gasteiger partial charge in [-0.15, -0.1) is 0 Å². The Hall–Kier alpha value is -2.93. The van der Waals surface area contributed by atoms with Gasteiger partial charge in [-0.25, -0.2) is 4.98 Å². The predicted octanol–water partition coefficient (Wildman–Crippen LogP) is 6.09. The number of anilines is 3. The van der Waals surface area contributed by atoms with Crippen molar-refractivity contribution >= 4 is 45.7 Å². The molecular weight excluding hydrogens is 452 g/mol. The summed E-state index contributed by atoms with van der Waals surface area (Å²) in [5.74, 6) is 2.09. The molecule has 0 atom stereocenters. The summed E-state index contributed by atoms with van der Waals surface area (Å²) in [7, 11) is 4.05. The molecule has 1 heterocycles. The number of nitrogens with one attached hydrogen (secondary N) is 3. The highest BCUT2D eigenvalue weighted by atomic mass is 32.1. The molecule has 35 heavy (non-hydrogen) atoms. The van der Waals surface area contributed by atoms with Crippen molar-refractivity contribution in [2.75, 3.05) is 29.6 Å². The molecule has 0 aliphatic heterocycles. The Kier molecular flexibility index (Phi) is 8.06. The fourth-order valence-electron chi connectivity index (χ4n) is 4.91. The lowest BCUT2D eigenvalue weighted by molar-refractivity contribution is 0.387. The molecule has 0 bridgehead atoms. The van der Waals surface area contributed by atoms with E-state index < -0.39 is 0 Å². The van der Waals surface area contributed by atoms with Crippen molar-refractivity contribution in [2.45, 2.75) is 70.9 Å². The Morgan fingerprint density at radius 1 is 1.00 bits per heavy atom. The number of thiocarbonyl (C=S) groups is 1. The highest BCUT2D eigenvalue weighted by molar-refractivity contribution is 7.80. The van der Waals surface area contributed by atoms with Crippen LogP contribution in [0.15, 0.2) is 42.5 Å². The van der Waals surface area contributed by atoms with Crippen LogP contribution in [0.4, 0.5) is 17.5 Å². The second kappa shape index (κ2) is 11.2. The fourth-order valence-corrected chi connectivity index (χ4v) is 5.18. The van der Waals surface area contributed by atoms with E-state index in [0.717, 1.165) is 53.9 Å². The van der Waals surface area contributed by atoms with Gasteiger partial charge in [0.15, 0.2) is 5.11 Å². The molecule has 7 heteroatoms. The largest absolute Gasteiger partial charge is 0.362 e. The number of hydrogen-bond acceptors (Lipinski definition) is 5. The SMILES string of the molecule is CCc1cccc(C(C)C)c1NC(=S)NC1CCC(Nc2nc(N(C)C)c3ccccc3n2)CC1. The van der Waals surface area contributed by atoms with Gasteiger partial charge in [0.1, 0.15) is 5.82 Å². The summed E-state index contributed by atoms with van der Waals surface area (Å²) in [6.07, 6.45) is 5.20. The number of fused-ring (bicyclic) bond motifs is 1. The first-order valence-electron chi connectivity index (χ1n) is 12.8. The van der Waals surface area contributed by atoms with E-state index in [1.807, 2.05) is 37.2 Å². The quantitative estimate of drug-likeness (QED) is 0.346. The zero-order valence-electron chi connectivity index (χ0n) is 21.6. The lowest BCUT2D eigenvalue weighted by Gasteiger charge is -2.31. The minimum Gasteiger partial charge on any atom is -0.362 e. The minimum atomic E-state index is 0.360.